The third-order valence-electron chi connectivity index (χ3n) is 1.95. The van der Waals surface area contributed by atoms with Gasteiger partial charge in [-0.3, -0.25) is 4.98 Å². The molecule has 0 saturated carbocycles. The van der Waals surface area contributed by atoms with Crippen LogP contribution in [0.2, 0.25) is 0 Å². The van der Waals surface area contributed by atoms with E-state index in [0.29, 0.717) is 5.56 Å². The van der Waals surface area contributed by atoms with Crippen LogP contribution in [0.15, 0.2) is 12.3 Å². The Morgan fingerprint density at radius 2 is 1.93 bits per heavy atom. The maximum absolute atomic E-state index is 13.5. The summed E-state index contributed by atoms with van der Waals surface area (Å²) in [6.45, 7) is 8.96. The molecule has 0 spiro atoms. The van der Waals surface area contributed by atoms with Crippen molar-refractivity contribution in [3.63, 3.8) is 0 Å². The third-order valence-corrected chi connectivity index (χ3v) is 1.95. The molecule has 0 aliphatic rings. The van der Waals surface area contributed by atoms with Crippen molar-refractivity contribution in [2.24, 2.45) is 0 Å². The van der Waals surface area contributed by atoms with E-state index in [1.54, 1.807) is 26.8 Å². The normalized spacial score (nSPS) is 9.93. The number of hydrogen-bond donors (Lipinski definition) is 0. The lowest BCUT2D eigenvalue weighted by atomic mass is 9.89. The summed E-state index contributed by atoms with van der Waals surface area (Å²) in [5, 5.41) is 8.81. The molecule has 0 atom stereocenters. The molecule has 0 saturated heterocycles. The quantitative estimate of drug-likeness (QED) is 0.709. The summed E-state index contributed by atoms with van der Waals surface area (Å²) in [5.74, 6) is -0.381. The van der Waals surface area contributed by atoms with Crippen molar-refractivity contribution in [1.82, 2.24) is 4.98 Å². The molecule has 0 aromatic carbocycles. The Balaban J connectivity index is 0.000000921. The van der Waals surface area contributed by atoms with Gasteiger partial charge in [0.05, 0.1) is 17.2 Å². The molecule has 82 valence electrons. The van der Waals surface area contributed by atoms with Crippen LogP contribution in [0.5, 0.6) is 0 Å². The molecule has 2 nitrogen and oxygen atoms in total. The molecular weight excluding hydrogens is 191 g/mol. The summed E-state index contributed by atoms with van der Waals surface area (Å²) >= 11 is 0. The Hall–Kier alpha value is -1.43. The Bertz CT molecular complexity index is 364. The molecule has 1 aromatic rings. The molecule has 0 N–H and O–H groups in total. The first-order valence-electron chi connectivity index (χ1n) is 5.02. The zero-order valence-corrected chi connectivity index (χ0v) is 9.93. The van der Waals surface area contributed by atoms with Crippen LogP contribution in [-0.4, -0.2) is 4.98 Å². The van der Waals surface area contributed by atoms with Gasteiger partial charge in [0.25, 0.3) is 0 Å². The predicted octanol–water partition coefficient (Wildman–Crippen LogP) is 3.36. The highest BCUT2D eigenvalue weighted by atomic mass is 19.1. The number of hydrogen-bond acceptors (Lipinski definition) is 2. The summed E-state index contributed by atoms with van der Waals surface area (Å²) in [6.07, 6.45) is 1.52. The van der Waals surface area contributed by atoms with E-state index in [2.05, 4.69) is 4.98 Å². The van der Waals surface area contributed by atoms with Crippen molar-refractivity contribution in [1.29, 1.82) is 5.26 Å². The Kier molecular flexibility index (Phi) is 4.93. The lowest BCUT2D eigenvalue weighted by molar-refractivity contribution is 0.539. The molecule has 1 heterocycles. The zero-order valence-electron chi connectivity index (χ0n) is 9.93. The summed E-state index contributed by atoms with van der Waals surface area (Å²) in [4.78, 5) is 3.88. The van der Waals surface area contributed by atoms with Gasteiger partial charge in [0.2, 0.25) is 0 Å². The molecule has 0 aliphatic carbocycles. The van der Waals surface area contributed by atoms with Gasteiger partial charge in [-0.05, 0) is 32.4 Å². The lowest BCUT2D eigenvalue weighted by Crippen LogP contribution is -2.18. The first-order chi connectivity index (χ1) is 6.99. The topological polar surface area (TPSA) is 36.7 Å². The second-order valence-electron chi connectivity index (χ2n) is 3.53. The van der Waals surface area contributed by atoms with E-state index >= 15 is 0 Å². The fourth-order valence-electron chi connectivity index (χ4n) is 1.03. The zero-order chi connectivity index (χ0) is 12.1. The Morgan fingerprint density at radius 3 is 2.40 bits per heavy atom. The van der Waals surface area contributed by atoms with Crippen LogP contribution in [-0.2, 0) is 5.41 Å². The van der Waals surface area contributed by atoms with E-state index in [0.717, 1.165) is 0 Å². The van der Waals surface area contributed by atoms with Crippen molar-refractivity contribution < 1.29 is 4.39 Å². The van der Waals surface area contributed by atoms with Crippen LogP contribution in [0.1, 0.15) is 39.0 Å². The number of rotatable bonds is 1. The molecule has 3 heteroatoms. The van der Waals surface area contributed by atoms with Crippen LogP contribution in [0, 0.1) is 24.1 Å². The second kappa shape index (κ2) is 5.45. The van der Waals surface area contributed by atoms with Crippen molar-refractivity contribution in [3.05, 3.63) is 29.3 Å². The fourth-order valence-corrected chi connectivity index (χ4v) is 1.03. The van der Waals surface area contributed by atoms with Gasteiger partial charge in [0, 0.05) is 6.20 Å². The Morgan fingerprint density at radius 1 is 1.40 bits per heavy atom. The molecule has 0 unspecified atom stereocenters. The summed E-state index contributed by atoms with van der Waals surface area (Å²) < 4.78 is 13.5. The van der Waals surface area contributed by atoms with Gasteiger partial charge >= 0.3 is 0 Å². The number of aromatic nitrogens is 1. The van der Waals surface area contributed by atoms with Gasteiger partial charge in [-0.1, -0.05) is 13.8 Å². The molecule has 15 heavy (non-hydrogen) atoms. The van der Waals surface area contributed by atoms with Crippen LogP contribution in [0.3, 0.4) is 0 Å². The minimum Gasteiger partial charge on any atom is -0.257 e. The minimum atomic E-state index is -0.865. The number of nitriles is 1. The standard InChI is InChI=1S/C10H11FN2.C2H6/c1-7-4-5-13-9(8(7)11)10(2,3)6-12;1-2/h4-5H,1-3H3;1-2H3. The average molecular weight is 208 g/mol. The smallest absolute Gasteiger partial charge is 0.149 e. The van der Waals surface area contributed by atoms with Crippen molar-refractivity contribution in [2.45, 2.75) is 40.0 Å². The van der Waals surface area contributed by atoms with Gasteiger partial charge in [0.1, 0.15) is 5.82 Å². The number of nitrogens with zero attached hydrogens (tertiary/aromatic N) is 2. The lowest BCUT2D eigenvalue weighted by Gasteiger charge is -2.15. The third kappa shape index (κ3) is 3.02. The highest BCUT2D eigenvalue weighted by molar-refractivity contribution is 5.28. The number of halogens is 1. The first-order valence-corrected chi connectivity index (χ1v) is 5.02. The molecule has 0 fully saturated rings. The number of pyridine rings is 1. The second-order valence-corrected chi connectivity index (χ2v) is 3.53. The molecule has 0 radical (unpaired) electrons. The van der Waals surface area contributed by atoms with Crippen molar-refractivity contribution in [3.8, 4) is 6.07 Å². The summed E-state index contributed by atoms with van der Waals surface area (Å²) in [5.41, 5.74) is -0.126. The van der Waals surface area contributed by atoms with Crippen LogP contribution in [0.25, 0.3) is 0 Å². The Labute approximate surface area is 90.8 Å². The SMILES string of the molecule is CC.Cc1ccnc(C(C)(C)C#N)c1F. The van der Waals surface area contributed by atoms with Crippen LogP contribution < -0.4 is 0 Å². The largest absolute Gasteiger partial charge is 0.257 e. The van der Waals surface area contributed by atoms with Gasteiger partial charge in [0.15, 0.2) is 0 Å². The van der Waals surface area contributed by atoms with E-state index < -0.39 is 5.41 Å². The van der Waals surface area contributed by atoms with Crippen molar-refractivity contribution >= 4 is 0 Å². The first kappa shape index (κ1) is 13.6. The fraction of sp³-hybridized carbons (Fsp3) is 0.500. The van der Waals surface area contributed by atoms with Crippen LogP contribution in [0.4, 0.5) is 4.39 Å². The van der Waals surface area contributed by atoms with Gasteiger partial charge in [-0.2, -0.15) is 5.26 Å². The molecular formula is C12H17FN2. The van der Waals surface area contributed by atoms with Gasteiger partial charge in [-0.15, -0.1) is 0 Å². The molecule has 1 rings (SSSR count). The van der Waals surface area contributed by atoms with Gasteiger partial charge < -0.3 is 0 Å². The van der Waals surface area contributed by atoms with E-state index in [1.165, 1.54) is 6.20 Å². The summed E-state index contributed by atoms with van der Waals surface area (Å²) in [6, 6.07) is 3.61. The highest BCUT2D eigenvalue weighted by Gasteiger charge is 2.25. The van der Waals surface area contributed by atoms with E-state index in [-0.39, 0.29) is 11.5 Å². The minimum absolute atomic E-state index is 0.218. The van der Waals surface area contributed by atoms with E-state index in [9.17, 15) is 4.39 Å². The molecule has 1 aromatic heterocycles. The average Bonchev–Trinajstić information content (AvgIpc) is 2.25. The maximum Gasteiger partial charge on any atom is 0.149 e. The monoisotopic (exact) mass is 208 g/mol. The van der Waals surface area contributed by atoms with E-state index in [1.807, 2.05) is 19.9 Å². The molecule has 0 aliphatic heterocycles. The van der Waals surface area contributed by atoms with Crippen LogP contribution >= 0.6 is 0 Å². The molecule has 0 bridgehead atoms. The van der Waals surface area contributed by atoms with Crippen molar-refractivity contribution in [2.75, 3.05) is 0 Å². The van der Waals surface area contributed by atoms with E-state index in [4.69, 9.17) is 5.26 Å². The highest BCUT2D eigenvalue weighted by Crippen LogP contribution is 2.23. The van der Waals surface area contributed by atoms with Gasteiger partial charge in [-0.25, -0.2) is 4.39 Å². The molecule has 0 amide bonds. The summed E-state index contributed by atoms with van der Waals surface area (Å²) in [7, 11) is 0. The number of aryl methyl sites for hydroxylation is 1. The maximum atomic E-state index is 13.5. The predicted molar refractivity (Wildman–Crippen MR) is 58.9 cm³/mol.